The molecule has 5 heteroatoms. The van der Waals surface area contributed by atoms with Crippen molar-refractivity contribution in [3.63, 3.8) is 0 Å². The highest BCUT2D eigenvalue weighted by Gasteiger charge is 2.27. The third-order valence-corrected chi connectivity index (χ3v) is 2.79. The molecular formula is C12H13NO4. The third kappa shape index (κ3) is 2.22. The van der Waals surface area contributed by atoms with Crippen molar-refractivity contribution in [2.75, 3.05) is 11.5 Å². The summed E-state index contributed by atoms with van der Waals surface area (Å²) < 4.78 is 4.96. The summed E-state index contributed by atoms with van der Waals surface area (Å²) in [6, 6.07) is 6.25. The number of aromatic carboxylic acids is 1. The van der Waals surface area contributed by atoms with Gasteiger partial charge in [0, 0.05) is 18.2 Å². The number of cyclic esters (lactones) is 1. The fourth-order valence-electron chi connectivity index (χ4n) is 1.82. The van der Waals surface area contributed by atoms with Crippen molar-refractivity contribution in [2.24, 2.45) is 0 Å². The van der Waals surface area contributed by atoms with E-state index in [1.807, 2.05) is 6.92 Å². The number of amides is 1. The molecule has 0 aliphatic carbocycles. The minimum atomic E-state index is -0.981. The van der Waals surface area contributed by atoms with Crippen LogP contribution in [-0.4, -0.2) is 29.8 Å². The molecule has 1 amide bonds. The van der Waals surface area contributed by atoms with Crippen molar-refractivity contribution in [2.45, 2.75) is 19.4 Å². The number of hydrogen-bond acceptors (Lipinski definition) is 3. The van der Waals surface area contributed by atoms with E-state index < -0.39 is 5.97 Å². The number of carboxylic acid groups (broad SMARTS) is 1. The zero-order valence-corrected chi connectivity index (χ0v) is 9.42. The Labute approximate surface area is 98.6 Å². The fraction of sp³-hybridized carbons (Fsp3) is 0.333. The van der Waals surface area contributed by atoms with Crippen LogP contribution in [0.25, 0.3) is 0 Å². The minimum Gasteiger partial charge on any atom is -0.478 e. The minimum absolute atomic E-state index is 0.0620. The summed E-state index contributed by atoms with van der Waals surface area (Å²) in [4.78, 5) is 23.9. The summed E-state index contributed by atoms with van der Waals surface area (Å²) in [5.74, 6) is -0.981. The number of nitrogens with zero attached hydrogens (tertiary/aromatic N) is 1. The van der Waals surface area contributed by atoms with E-state index in [1.165, 1.54) is 17.0 Å². The number of benzene rings is 1. The summed E-state index contributed by atoms with van der Waals surface area (Å²) in [6.45, 7) is 2.37. The van der Waals surface area contributed by atoms with Crippen molar-refractivity contribution >= 4 is 17.7 Å². The van der Waals surface area contributed by atoms with Gasteiger partial charge in [0.25, 0.3) is 0 Å². The zero-order chi connectivity index (χ0) is 12.4. The van der Waals surface area contributed by atoms with Gasteiger partial charge in [-0.15, -0.1) is 0 Å². The molecule has 1 fully saturated rings. The quantitative estimate of drug-likeness (QED) is 0.852. The third-order valence-electron chi connectivity index (χ3n) is 2.79. The molecule has 1 aromatic carbocycles. The highest BCUT2D eigenvalue weighted by Crippen LogP contribution is 2.23. The van der Waals surface area contributed by atoms with E-state index in [0.29, 0.717) is 12.3 Å². The van der Waals surface area contributed by atoms with Crippen LogP contribution in [-0.2, 0) is 4.74 Å². The molecule has 1 saturated heterocycles. The van der Waals surface area contributed by atoms with Crippen LogP contribution in [0.15, 0.2) is 24.3 Å². The number of hydrogen-bond donors (Lipinski definition) is 1. The summed E-state index contributed by atoms with van der Waals surface area (Å²) in [5.41, 5.74) is 0.860. The van der Waals surface area contributed by atoms with E-state index in [2.05, 4.69) is 0 Å². The Bertz CT molecular complexity index is 440. The topological polar surface area (TPSA) is 66.8 Å². The average molecular weight is 235 g/mol. The van der Waals surface area contributed by atoms with Gasteiger partial charge in [-0.25, -0.2) is 9.59 Å². The molecule has 1 N–H and O–H groups in total. The second kappa shape index (κ2) is 4.45. The number of carboxylic acids is 1. The molecular weight excluding hydrogens is 222 g/mol. The molecule has 1 aliphatic rings. The van der Waals surface area contributed by atoms with Crippen molar-refractivity contribution in [1.82, 2.24) is 0 Å². The van der Waals surface area contributed by atoms with Crippen LogP contribution in [0.3, 0.4) is 0 Å². The molecule has 1 aromatic rings. The number of ether oxygens (including phenoxy) is 1. The fourth-order valence-corrected chi connectivity index (χ4v) is 1.82. The second-order valence-electron chi connectivity index (χ2n) is 3.97. The van der Waals surface area contributed by atoms with Gasteiger partial charge >= 0.3 is 12.1 Å². The zero-order valence-electron chi connectivity index (χ0n) is 9.42. The lowest BCUT2D eigenvalue weighted by molar-refractivity contribution is 0.0697. The Balaban J connectivity index is 2.26. The first kappa shape index (κ1) is 11.4. The lowest BCUT2D eigenvalue weighted by Gasteiger charge is -2.32. The molecule has 1 unspecified atom stereocenters. The maximum Gasteiger partial charge on any atom is 0.414 e. The Morgan fingerprint density at radius 2 is 2.06 bits per heavy atom. The first-order valence-corrected chi connectivity index (χ1v) is 5.39. The van der Waals surface area contributed by atoms with Gasteiger partial charge in [-0.2, -0.15) is 0 Å². The Morgan fingerprint density at radius 3 is 2.59 bits per heavy atom. The maximum atomic E-state index is 11.6. The molecule has 17 heavy (non-hydrogen) atoms. The van der Waals surface area contributed by atoms with Crippen LogP contribution in [0.2, 0.25) is 0 Å². The van der Waals surface area contributed by atoms with Crippen LogP contribution in [0.1, 0.15) is 23.7 Å². The van der Waals surface area contributed by atoms with E-state index in [4.69, 9.17) is 9.84 Å². The van der Waals surface area contributed by atoms with E-state index in [-0.39, 0.29) is 17.7 Å². The van der Waals surface area contributed by atoms with Gasteiger partial charge in [-0.3, -0.25) is 4.90 Å². The van der Waals surface area contributed by atoms with Crippen LogP contribution in [0.4, 0.5) is 10.5 Å². The Hall–Kier alpha value is -2.04. The monoisotopic (exact) mass is 235 g/mol. The van der Waals surface area contributed by atoms with Crippen molar-refractivity contribution in [3.05, 3.63) is 29.8 Å². The molecule has 0 radical (unpaired) electrons. The summed E-state index contributed by atoms with van der Waals surface area (Å²) in [5, 5.41) is 8.78. The molecule has 1 aliphatic heterocycles. The van der Waals surface area contributed by atoms with Crippen molar-refractivity contribution < 1.29 is 19.4 Å². The molecule has 5 nitrogen and oxygen atoms in total. The summed E-state index contributed by atoms with van der Waals surface area (Å²) in [6.07, 6.45) is 0.388. The van der Waals surface area contributed by atoms with Gasteiger partial charge in [0.15, 0.2) is 0 Å². The van der Waals surface area contributed by atoms with Gasteiger partial charge in [-0.05, 0) is 31.2 Å². The average Bonchev–Trinajstić information content (AvgIpc) is 2.29. The van der Waals surface area contributed by atoms with Crippen molar-refractivity contribution in [3.8, 4) is 0 Å². The standard InChI is InChI=1S/C12H13NO4/c1-8-6-7-17-12(16)13(8)10-4-2-9(3-5-10)11(14)15/h2-5,8H,6-7H2,1H3,(H,14,15). The smallest absolute Gasteiger partial charge is 0.414 e. The molecule has 0 bridgehead atoms. The number of rotatable bonds is 2. The van der Waals surface area contributed by atoms with Crippen LogP contribution in [0, 0.1) is 0 Å². The molecule has 1 atom stereocenters. The van der Waals surface area contributed by atoms with Gasteiger partial charge in [0.05, 0.1) is 12.2 Å². The summed E-state index contributed by atoms with van der Waals surface area (Å²) >= 11 is 0. The number of carbonyl (C=O) groups is 2. The molecule has 0 saturated carbocycles. The highest BCUT2D eigenvalue weighted by atomic mass is 16.6. The Kier molecular flexibility index (Phi) is 2.99. The molecule has 1 heterocycles. The predicted molar refractivity (Wildman–Crippen MR) is 61.3 cm³/mol. The number of anilines is 1. The summed E-state index contributed by atoms with van der Waals surface area (Å²) in [7, 11) is 0. The Morgan fingerprint density at radius 1 is 1.41 bits per heavy atom. The van der Waals surface area contributed by atoms with Crippen LogP contribution >= 0.6 is 0 Å². The second-order valence-corrected chi connectivity index (χ2v) is 3.97. The normalized spacial score (nSPS) is 19.9. The van der Waals surface area contributed by atoms with Crippen molar-refractivity contribution in [1.29, 1.82) is 0 Å². The maximum absolute atomic E-state index is 11.6. The first-order valence-electron chi connectivity index (χ1n) is 5.39. The first-order chi connectivity index (χ1) is 8.09. The predicted octanol–water partition coefficient (Wildman–Crippen LogP) is 2.12. The largest absolute Gasteiger partial charge is 0.478 e. The van der Waals surface area contributed by atoms with Gasteiger partial charge < -0.3 is 9.84 Å². The van der Waals surface area contributed by atoms with Gasteiger partial charge in [0.2, 0.25) is 0 Å². The lowest BCUT2D eigenvalue weighted by atomic mass is 10.1. The number of carbonyl (C=O) groups excluding carboxylic acids is 1. The van der Waals surface area contributed by atoms with Gasteiger partial charge in [-0.1, -0.05) is 0 Å². The van der Waals surface area contributed by atoms with E-state index in [0.717, 1.165) is 6.42 Å². The molecule has 2 rings (SSSR count). The molecule has 0 spiro atoms. The molecule has 0 aromatic heterocycles. The SMILES string of the molecule is CC1CCOC(=O)N1c1ccc(C(=O)O)cc1. The molecule has 90 valence electrons. The van der Waals surface area contributed by atoms with E-state index in [1.54, 1.807) is 12.1 Å². The lowest BCUT2D eigenvalue weighted by Crippen LogP contribution is -2.44. The van der Waals surface area contributed by atoms with Crippen LogP contribution in [0.5, 0.6) is 0 Å². The van der Waals surface area contributed by atoms with Gasteiger partial charge in [0.1, 0.15) is 0 Å². The highest BCUT2D eigenvalue weighted by molar-refractivity contribution is 5.91. The van der Waals surface area contributed by atoms with E-state index >= 15 is 0 Å². The van der Waals surface area contributed by atoms with Crippen LogP contribution < -0.4 is 4.90 Å². The van der Waals surface area contributed by atoms with E-state index in [9.17, 15) is 9.59 Å².